The van der Waals surface area contributed by atoms with Gasteiger partial charge in [-0.1, -0.05) is 76.7 Å². The number of hydrogen-bond donors (Lipinski definition) is 1. The second-order valence-electron chi connectivity index (χ2n) is 6.90. The highest BCUT2D eigenvalue weighted by atomic mass is 16.4. The van der Waals surface area contributed by atoms with Crippen molar-refractivity contribution in [3.63, 3.8) is 0 Å². The fourth-order valence-electron chi connectivity index (χ4n) is 2.56. The molecule has 0 spiro atoms. The van der Waals surface area contributed by atoms with Gasteiger partial charge >= 0.3 is 5.97 Å². The van der Waals surface area contributed by atoms with Crippen LogP contribution < -0.4 is 0 Å². The van der Waals surface area contributed by atoms with E-state index in [9.17, 15) is 4.79 Å². The van der Waals surface area contributed by atoms with Gasteiger partial charge in [0.15, 0.2) is 0 Å². The highest BCUT2D eigenvalue weighted by Crippen LogP contribution is 2.12. The minimum Gasteiger partial charge on any atom is -0.481 e. The summed E-state index contributed by atoms with van der Waals surface area (Å²) in [6.45, 7) is 4.61. The van der Waals surface area contributed by atoms with Gasteiger partial charge in [0, 0.05) is 6.42 Å². The van der Waals surface area contributed by atoms with Crippen LogP contribution in [0.3, 0.4) is 0 Å². The van der Waals surface area contributed by atoms with Crippen molar-refractivity contribution < 1.29 is 9.90 Å². The molecule has 0 aromatic rings. The minimum absolute atomic E-state index is 0.280. The SMILES string of the molecule is CC(C)CCCCCCCC/C=C\CC/C=C\CCCC(=O)O. The first kappa shape index (κ1) is 21.9. The van der Waals surface area contributed by atoms with E-state index in [4.69, 9.17) is 5.11 Å². The zero-order valence-electron chi connectivity index (χ0n) is 15.4. The molecule has 0 aromatic carbocycles. The number of carbonyl (C=O) groups is 1. The van der Waals surface area contributed by atoms with Crippen molar-refractivity contribution in [3.8, 4) is 0 Å². The summed E-state index contributed by atoms with van der Waals surface area (Å²) in [6.07, 6.45) is 23.9. The molecule has 0 rings (SSSR count). The lowest BCUT2D eigenvalue weighted by atomic mass is 10.0. The highest BCUT2D eigenvalue weighted by molar-refractivity contribution is 5.66. The van der Waals surface area contributed by atoms with Crippen LogP contribution in [0.4, 0.5) is 0 Å². The van der Waals surface area contributed by atoms with Crippen LogP contribution in [-0.4, -0.2) is 11.1 Å². The van der Waals surface area contributed by atoms with Gasteiger partial charge in [0.1, 0.15) is 0 Å². The summed E-state index contributed by atoms with van der Waals surface area (Å²) < 4.78 is 0. The zero-order valence-corrected chi connectivity index (χ0v) is 15.4. The molecule has 0 heterocycles. The molecule has 0 aliphatic rings. The maximum Gasteiger partial charge on any atom is 0.303 e. The van der Waals surface area contributed by atoms with Crippen molar-refractivity contribution in [2.45, 2.75) is 97.3 Å². The van der Waals surface area contributed by atoms with E-state index in [1.54, 1.807) is 0 Å². The lowest BCUT2D eigenvalue weighted by Gasteiger charge is -2.03. The molecule has 0 radical (unpaired) electrons. The van der Waals surface area contributed by atoms with Gasteiger partial charge in [-0.2, -0.15) is 0 Å². The maximum absolute atomic E-state index is 10.3. The summed E-state index contributed by atoms with van der Waals surface area (Å²) in [5.74, 6) is 0.164. The van der Waals surface area contributed by atoms with Crippen molar-refractivity contribution in [1.82, 2.24) is 0 Å². The van der Waals surface area contributed by atoms with Gasteiger partial charge < -0.3 is 5.11 Å². The summed E-state index contributed by atoms with van der Waals surface area (Å²) in [5, 5.41) is 8.52. The van der Waals surface area contributed by atoms with Crippen LogP contribution in [0.2, 0.25) is 0 Å². The average Bonchev–Trinajstić information content (AvgIpc) is 2.49. The van der Waals surface area contributed by atoms with Crippen LogP contribution in [0.25, 0.3) is 0 Å². The minimum atomic E-state index is -0.697. The Labute approximate surface area is 144 Å². The first-order valence-corrected chi connectivity index (χ1v) is 9.64. The number of rotatable bonds is 16. The fourth-order valence-corrected chi connectivity index (χ4v) is 2.56. The zero-order chi connectivity index (χ0) is 17.2. The molecule has 134 valence electrons. The van der Waals surface area contributed by atoms with Crippen molar-refractivity contribution >= 4 is 5.97 Å². The quantitative estimate of drug-likeness (QED) is 0.247. The fraction of sp³-hybridized carbons (Fsp3) is 0.762. The average molecular weight is 323 g/mol. The van der Waals surface area contributed by atoms with Crippen LogP contribution in [0, 0.1) is 5.92 Å². The molecule has 0 atom stereocenters. The van der Waals surface area contributed by atoms with E-state index < -0.39 is 5.97 Å². The highest BCUT2D eigenvalue weighted by Gasteiger charge is 1.94. The first-order valence-electron chi connectivity index (χ1n) is 9.64. The number of carboxylic acid groups (broad SMARTS) is 1. The molecule has 1 N–H and O–H groups in total. The molecule has 0 unspecified atom stereocenters. The number of carboxylic acids is 1. The molecule has 2 heteroatoms. The van der Waals surface area contributed by atoms with E-state index in [-0.39, 0.29) is 6.42 Å². The summed E-state index contributed by atoms with van der Waals surface area (Å²) in [7, 11) is 0. The van der Waals surface area contributed by atoms with Crippen LogP contribution >= 0.6 is 0 Å². The molecule has 0 amide bonds. The van der Waals surface area contributed by atoms with Crippen molar-refractivity contribution in [1.29, 1.82) is 0 Å². The second kappa shape index (κ2) is 17.3. The third-order valence-corrected chi connectivity index (χ3v) is 4.00. The lowest BCUT2D eigenvalue weighted by Crippen LogP contribution is -1.92. The third-order valence-electron chi connectivity index (χ3n) is 4.00. The lowest BCUT2D eigenvalue weighted by molar-refractivity contribution is -0.137. The van der Waals surface area contributed by atoms with E-state index in [1.807, 2.05) is 0 Å². The van der Waals surface area contributed by atoms with Crippen molar-refractivity contribution in [3.05, 3.63) is 24.3 Å². The van der Waals surface area contributed by atoms with Crippen LogP contribution in [0.15, 0.2) is 24.3 Å². The Kier molecular flexibility index (Phi) is 16.5. The first-order chi connectivity index (χ1) is 11.1. The van der Waals surface area contributed by atoms with E-state index in [2.05, 4.69) is 38.2 Å². The summed E-state index contributed by atoms with van der Waals surface area (Å²) >= 11 is 0. The Morgan fingerprint density at radius 2 is 1.22 bits per heavy atom. The summed E-state index contributed by atoms with van der Waals surface area (Å²) in [6, 6.07) is 0. The van der Waals surface area contributed by atoms with E-state index >= 15 is 0 Å². The van der Waals surface area contributed by atoms with Crippen LogP contribution in [-0.2, 0) is 4.79 Å². The van der Waals surface area contributed by atoms with Gasteiger partial charge in [-0.05, 0) is 44.4 Å². The monoisotopic (exact) mass is 322 g/mol. The number of allylic oxidation sites excluding steroid dienone is 4. The predicted octanol–water partition coefficient (Wildman–Crippen LogP) is 6.91. The Morgan fingerprint density at radius 3 is 1.78 bits per heavy atom. The molecule has 0 bridgehead atoms. The molecule has 0 aliphatic carbocycles. The molecule has 0 aliphatic heterocycles. The molecule has 0 aromatic heterocycles. The standard InChI is InChI=1S/C21H38O2/c1-20(2)18-16-14-12-10-8-6-4-3-5-7-9-11-13-15-17-19-21(22)23/h3,5,11,13,20H,4,6-10,12,14-19H2,1-2H3,(H,22,23)/b5-3-,13-11-. The van der Waals surface area contributed by atoms with Crippen LogP contribution in [0.1, 0.15) is 97.3 Å². The molecule has 0 saturated heterocycles. The van der Waals surface area contributed by atoms with Crippen molar-refractivity contribution in [2.24, 2.45) is 5.92 Å². The Balaban J connectivity index is 3.19. The molecule has 2 nitrogen and oxygen atoms in total. The smallest absolute Gasteiger partial charge is 0.303 e. The maximum atomic E-state index is 10.3. The van der Waals surface area contributed by atoms with E-state index in [0.29, 0.717) is 0 Å². The topological polar surface area (TPSA) is 37.3 Å². The third kappa shape index (κ3) is 21.0. The summed E-state index contributed by atoms with van der Waals surface area (Å²) in [5.41, 5.74) is 0. The number of aliphatic carboxylic acids is 1. The Morgan fingerprint density at radius 1 is 0.739 bits per heavy atom. The Bertz CT molecular complexity index is 316. The molecule has 23 heavy (non-hydrogen) atoms. The van der Waals surface area contributed by atoms with Gasteiger partial charge in [-0.3, -0.25) is 4.79 Å². The van der Waals surface area contributed by atoms with Crippen LogP contribution in [0.5, 0.6) is 0 Å². The van der Waals surface area contributed by atoms with Crippen molar-refractivity contribution in [2.75, 3.05) is 0 Å². The van der Waals surface area contributed by atoms with Gasteiger partial charge in [0.05, 0.1) is 0 Å². The van der Waals surface area contributed by atoms with E-state index in [1.165, 1.54) is 51.4 Å². The summed E-state index contributed by atoms with van der Waals surface area (Å²) in [4.78, 5) is 10.3. The van der Waals surface area contributed by atoms with E-state index in [0.717, 1.165) is 31.6 Å². The number of hydrogen-bond acceptors (Lipinski definition) is 1. The van der Waals surface area contributed by atoms with Gasteiger partial charge in [-0.25, -0.2) is 0 Å². The predicted molar refractivity (Wildman–Crippen MR) is 101 cm³/mol. The van der Waals surface area contributed by atoms with Gasteiger partial charge in [-0.15, -0.1) is 0 Å². The molecular weight excluding hydrogens is 284 g/mol. The number of unbranched alkanes of at least 4 members (excludes halogenated alkanes) is 8. The van der Waals surface area contributed by atoms with Gasteiger partial charge in [0.2, 0.25) is 0 Å². The molecule has 0 fully saturated rings. The molecular formula is C21H38O2. The second-order valence-corrected chi connectivity index (χ2v) is 6.90. The largest absolute Gasteiger partial charge is 0.481 e. The normalized spacial score (nSPS) is 12.0. The Hall–Kier alpha value is -1.05. The van der Waals surface area contributed by atoms with Gasteiger partial charge in [0.25, 0.3) is 0 Å². The molecule has 0 saturated carbocycles.